The van der Waals surface area contributed by atoms with Crippen molar-refractivity contribution in [1.82, 2.24) is 0 Å². The van der Waals surface area contributed by atoms with Gasteiger partial charge in [0.1, 0.15) is 5.00 Å². The Hall–Kier alpha value is -2.40. The summed E-state index contributed by atoms with van der Waals surface area (Å²) in [5, 5.41) is 3.44. The number of fused-ring (bicyclic) bond motifs is 1. The molecule has 3 rings (SSSR count). The van der Waals surface area contributed by atoms with Crippen molar-refractivity contribution in [3.8, 4) is 0 Å². The number of hydrogen-bond acceptors (Lipinski definition) is 4. The van der Waals surface area contributed by atoms with Crippen LogP contribution in [0.4, 0.5) is 5.00 Å². The van der Waals surface area contributed by atoms with Crippen LogP contribution in [0.1, 0.15) is 58.1 Å². The summed E-state index contributed by atoms with van der Waals surface area (Å²) in [6, 6.07) is 8.14. The topological polar surface area (TPSA) is 55.4 Å². The van der Waals surface area contributed by atoms with Gasteiger partial charge in [-0.05, 0) is 47.9 Å². The smallest absolute Gasteiger partial charge is 0.341 e. The van der Waals surface area contributed by atoms with E-state index in [-0.39, 0.29) is 11.9 Å². The molecule has 136 valence electrons. The third kappa shape index (κ3) is 3.88. The number of carbonyl (C=O) groups is 2. The molecule has 0 atom stereocenters. The number of esters is 1. The number of amides is 1. The highest BCUT2D eigenvalue weighted by Gasteiger charge is 2.27. The standard InChI is InChI=1S/C21H23NO3S/c1-13(2)15-10-7-14(8-11-15)9-12-18(23)22-20-19(21(24)25-3)16-5-4-6-17(16)26-20/h7-13H,4-6H2,1-3H3,(H,22,23). The van der Waals surface area contributed by atoms with E-state index in [4.69, 9.17) is 4.74 Å². The molecule has 0 radical (unpaired) electrons. The molecule has 5 heteroatoms. The molecule has 1 amide bonds. The second-order valence-electron chi connectivity index (χ2n) is 6.70. The fourth-order valence-electron chi connectivity index (χ4n) is 3.13. The molecule has 1 aliphatic carbocycles. The van der Waals surface area contributed by atoms with E-state index in [1.54, 1.807) is 6.08 Å². The second-order valence-corrected chi connectivity index (χ2v) is 7.80. The van der Waals surface area contributed by atoms with Crippen molar-refractivity contribution in [2.75, 3.05) is 12.4 Å². The Morgan fingerprint density at radius 2 is 1.92 bits per heavy atom. The first-order valence-electron chi connectivity index (χ1n) is 8.81. The molecule has 0 fully saturated rings. The van der Waals surface area contributed by atoms with Crippen LogP contribution in [0.5, 0.6) is 0 Å². The number of rotatable bonds is 5. The summed E-state index contributed by atoms with van der Waals surface area (Å²) in [6.07, 6.45) is 6.14. The van der Waals surface area contributed by atoms with Gasteiger partial charge < -0.3 is 10.1 Å². The van der Waals surface area contributed by atoms with Crippen molar-refractivity contribution in [3.63, 3.8) is 0 Å². The maximum Gasteiger partial charge on any atom is 0.341 e. The molecule has 0 bridgehead atoms. The predicted octanol–water partition coefficient (Wildman–Crippen LogP) is 4.80. The van der Waals surface area contributed by atoms with Gasteiger partial charge in [-0.25, -0.2) is 4.79 Å². The van der Waals surface area contributed by atoms with E-state index >= 15 is 0 Å². The summed E-state index contributed by atoms with van der Waals surface area (Å²) in [4.78, 5) is 25.6. The molecule has 1 aromatic carbocycles. The highest BCUT2D eigenvalue weighted by atomic mass is 32.1. The molecule has 1 aromatic heterocycles. The minimum atomic E-state index is -0.382. The number of anilines is 1. The Morgan fingerprint density at radius 1 is 1.19 bits per heavy atom. The molecule has 0 aliphatic heterocycles. The Bertz CT molecular complexity index is 847. The molecule has 0 unspecified atom stereocenters. The van der Waals surface area contributed by atoms with Crippen molar-refractivity contribution >= 4 is 34.3 Å². The molecule has 0 saturated heterocycles. The zero-order valence-corrected chi connectivity index (χ0v) is 16.1. The molecular formula is C21H23NO3S. The number of carbonyl (C=O) groups excluding carboxylic acids is 2. The van der Waals surface area contributed by atoms with Gasteiger partial charge in [0.25, 0.3) is 0 Å². The van der Waals surface area contributed by atoms with Crippen LogP contribution >= 0.6 is 11.3 Å². The normalized spacial score (nSPS) is 13.2. The van der Waals surface area contributed by atoms with Crippen molar-refractivity contribution < 1.29 is 14.3 Å². The maximum atomic E-state index is 12.3. The van der Waals surface area contributed by atoms with Gasteiger partial charge in [-0.2, -0.15) is 0 Å². The lowest BCUT2D eigenvalue weighted by Gasteiger charge is -2.06. The van der Waals surface area contributed by atoms with Crippen LogP contribution in [0, 0.1) is 0 Å². The van der Waals surface area contributed by atoms with E-state index in [9.17, 15) is 9.59 Å². The van der Waals surface area contributed by atoms with Crippen LogP contribution in [0.25, 0.3) is 6.08 Å². The number of hydrogen-bond donors (Lipinski definition) is 1. The average molecular weight is 369 g/mol. The van der Waals surface area contributed by atoms with Gasteiger partial charge in [-0.15, -0.1) is 11.3 Å². The van der Waals surface area contributed by atoms with E-state index in [2.05, 4.69) is 31.3 Å². The first-order valence-corrected chi connectivity index (χ1v) is 9.63. The maximum absolute atomic E-state index is 12.3. The summed E-state index contributed by atoms with van der Waals surface area (Å²) in [5.41, 5.74) is 3.78. The first kappa shape index (κ1) is 18.4. The minimum absolute atomic E-state index is 0.247. The van der Waals surface area contributed by atoms with E-state index in [1.165, 1.54) is 35.0 Å². The molecule has 0 saturated carbocycles. The fourth-order valence-corrected chi connectivity index (χ4v) is 4.41. The Kier molecular flexibility index (Phi) is 5.57. The number of nitrogens with one attached hydrogen (secondary N) is 1. The number of aryl methyl sites for hydroxylation is 1. The van der Waals surface area contributed by atoms with Gasteiger partial charge in [-0.3, -0.25) is 4.79 Å². The van der Waals surface area contributed by atoms with Gasteiger partial charge in [-0.1, -0.05) is 38.1 Å². The lowest BCUT2D eigenvalue weighted by Crippen LogP contribution is -2.12. The Labute approximate surface area is 157 Å². The third-order valence-corrected chi connectivity index (χ3v) is 5.79. The van der Waals surface area contributed by atoms with E-state index in [0.29, 0.717) is 16.5 Å². The van der Waals surface area contributed by atoms with Gasteiger partial charge in [0, 0.05) is 11.0 Å². The third-order valence-electron chi connectivity index (χ3n) is 4.58. The van der Waals surface area contributed by atoms with Gasteiger partial charge in [0.2, 0.25) is 5.91 Å². The summed E-state index contributed by atoms with van der Waals surface area (Å²) in [5.74, 6) is -0.148. The predicted molar refractivity (Wildman–Crippen MR) is 106 cm³/mol. The quantitative estimate of drug-likeness (QED) is 0.608. The molecule has 4 nitrogen and oxygen atoms in total. The van der Waals surface area contributed by atoms with Crippen LogP contribution in [0.3, 0.4) is 0 Å². The molecule has 1 N–H and O–H groups in total. The number of thiophene rings is 1. The van der Waals surface area contributed by atoms with Crippen LogP contribution < -0.4 is 5.32 Å². The SMILES string of the molecule is COC(=O)c1c(NC(=O)C=Cc2ccc(C(C)C)cc2)sc2c1CCC2. The first-order chi connectivity index (χ1) is 12.5. The van der Waals surface area contributed by atoms with Crippen LogP contribution in [-0.2, 0) is 22.4 Å². The number of benzene rings is 1. The van der Waals surface area contributed by atoms with Crippen LogP contribution in [0.2, 0.25) is 0 Å². The number of ether oxygens (including phenoxy) is 1. The van der Waals surface area contributed by atoms with Crippen molar-refractivity contribution in [1.29, 1.82) is 0 Å². The second kappa shape index (κ2) is 7.87. The van der Waals surface area contributed by atoms with Gasteiger partial charge in [0.15, 0.2) is 0 Å². The van der Waals surface area contributed by atoms with Gasteiger partial charge >= 0.3 is 5.97 Å². The zero-order chi connectivity index (χ0) is 18.7. The average Bonchev–Trinajstić information content (AvgIpc) is 3.20. The molecule has 26 heavy (non-hydrogen) atoms. The summed E-state index contributed by atoms with van der Waals surface area (Å²) >= 11 is 1.48. The summed E-state index contributed by atoms with van der Waals surface area (Å²) < 4.78 is 4.90. The lowest BCUT2D eigenvalue weighted by atomic mass is 10.0. The van der Waals surface area contributed by atoms with Crippen LogP contribution in [-0.4, -0.2) is 19.0 Å². The molecule has 1 heterocycles. The van der Waals surface area contributed by atoms with E-state index < -0.39 is 0 Å². The highest BCUT2D eigenvalue weighted by molar-refractivity contribution is 7.17. The largest absolute Gasteiger partial charge is 0.465 e. The minimum Gasteiger partial charge on any atom is -0.465 e. The lowest BCUT2D eigenvalue weighted by molar-refractivity contribution is -0.111. The van der Waals surface area contributed by atoms with Crippen molar-refractivity contribution in [2.45, 2.75) is 39.0 Å². The number of methoxy groups -OCH3 is 1. The molecule has 0 spiro atoms. The fraction of sp³-hybridized carbons (Fsp3) is 0.333. The Balaban J connectivity index is 1.73. The molecule has 1 aliphatic rings. The monoisotopic (exact) mass is 369 g/mol. The summed E-state index contributed by atoms with van der Waals surface area (Å²) in [6.45, 7) is 4.30. The van der Waals surface area contributed by atoms with E-state index in [0.717, 1.165) is 30.4 Å². The van der Waals surface area contributed by atoms with Gasteiger partial charge in [0.05, 0.1) is 12.7 Å². The highest BCUT2D eigenvalue weighted by Crippen LogP contribution is 2.39. The van der Waals surface area contributed by atoms with Crippen molar-refractivity contribution in [2.24, 2.45) is 0 Å². The molecule has 2 aromatic rings. The zero-order valence-electron chi connectivity index (χ0n) is 15.3. The van der Waals surface area contributed by atoms with Crippen LogP contribution in [0.15, 0.2) is 30.3 Å². The Morgan fingerprint density at radius 3 is 2.58 bits per heavy atom. The van der Waals surface area contributed by atoms with E-state index in [1.807, 2.05) is 12.1 Å². The van der Waals surface area contributed by atoms with Crippen molar-refractivity contribution in [3.05, 3.63) is 57.5 Å². The summed E-state index contributed by atoms with van der Waals surface area (Å²) in [7, 11) is 1.37. The molecular weight excluding hydrogens is 346 g/mol.